The molecule has 0 N–H and O–H groups in total. The quantitative estimate of drug-likeness (QED) is 0.308. The maximum absolute atomic E-state index is 12.7. The summed E-state index contributed by atoms with van der Waals surface area (Å²) in [5, 5.41) is 0. The molecule has 3 aromatic rings. The molecule has 0 bridgehead atoms. The second kappa shape index (κ2) is 9.85. The van der Waals surface area contributed by atoms with Crippen LogP contribution in [-0.2, 0) is 6.54 Å². The van der Waals surface area contributed by atoms with Crippen LogP contribution in [0.2, 0.25) is 0 Å². The number of rotatable bonds is 8. The molecule has 3 rings (SSSR count). The van der Waals surface area contributed by atoms with Gasteiger partial charge in [0.1, 0.15) is 5.75 Å². The van der Waals surface area contributed by atoms with Gasteiger partial charge in [-0.1, -0.05) is 53.1 Å². The van der Waals surface area contributed by atoms with Crippen LogP contribution in [0.25, 0.3) is 10.2 Å². The lowest BCUT2D eigenvalue weighted by molar-refractivity contribution is 0.0998. The van der Waals surface area contributed by atoms with Crippen LogP contribution in [-0.4, -0.2) is 17.1 Å². The smallest absolute Gasteiger partial charge is 0.279 e. The van der Waals surface area contributed by atoms with Gasteiger partial charge in [-0.25, -0.2) is 0 Å². The van der Waals surface area contributed by atoms with Gasteiger partial charge in [-0.05, 0) is 48.9 Å². The van der Waals surface area contributed by atoms with Crippen molar-refractivity contribution in [2.75, 3.05) is 6.61 Å². The molecule has 0 saturated heterocycles. The Morgan fingerprint density at radius 2 is 2.04 bits per heavy atom. The van der Waals surface area contributed by atoms with Gasteiger partial charge in [-0.15, -0.1) is 6.58 Å². The minimum absolute atomic E-state index is 0.263. The van der Waals surface area contributed by atoms with Crippen molar-refractivity contribution in [1.82, 2.24) is 4.57 Å². The maximum atomic E-state index is 12.7. The number of hydrogen-bond acceptors (Lipinski definition) is 3. The first-order valence-corrected chi connectivity index (χ1v) is 10.9. The molecule has 0 aliphatic heterocycles. The minimum Gasteiger partial charge on any atom is -0.494 e. The number of thiazole rings is 1. The van der Waals surface area contributed by atoms with E-state index >= 15 is 0 Å². The lowest BCUT2D eigenvalue weighted by Crippen LogP contribution is -2.16. The van der Waals surface area contributed by atoms with Gasteiger partial charge < -0.3 is 9.30 Å². The molecule has 0 radical (unpaired) electrons. The molecule has 0 aliphatic carbocycles. The molecule has 28 heavy (non-hydrogen) atoms. The van der Waals surface area contributed by atoms with Gasteiger partial charge in [-0.3, -0.25) is 4.79 Å². The Kier molecular flexibility index (Phi) is 7.23. The average Bonchev–Trinajstić information content (AvgIpc) is 3.02. The largest absolute Gasteiger partial charge is 0.494 e. The highest BCUT2D eigenvalue weighted by Gasteiger charge is 2.09. The van der Waals surface area contributed by atoms with Crippen LogP contribution < -0.4 is 9.54 Å². The van der Waals surface area contributed by atoms with E-state index in [1.165, 1.54) is 17.8 Å². The predicted octanol–water partition coefficient (Wildman–Crippen LogP) is 5.96. The fraction of sp³-hybridized carbons (Fsp3) is 0.273. The molecule has 0 saturated carbocycles. The summed E-state index contributed by atoms with van der Waals surface area (Å²) in [4.78, 5) is 17.7. The molecule has 0 spiro atoms. The number of allylic oxidation sites excluding steroid dienone is 1. The zero-order valence-electron chi connectivity index (χ0n) is 15.9. The monoisotopic (exact) mass is 458 g/mol. The molecule has 1 amide bonds. The summed E-state index contributed by atoms with van der Waals surface area (Å²) in [6.45, 7) is 7.28. The number of halogens is 1. The van der Waals surface area contributed by atoms with E-state index in [2.05, 4.69) is 34.4 Å². The number of unbranched alkanes of at least 4 members (excludes halogenated alkanes) is 2. The normalized spacial score (nSPS) is 11.7. The molecular weight excluding hydrogens is 436 g/mol. The molecule has 0 aliphatic rings. The minimum atomic E-state index is -0.263. The first kappa shape index (κ1) is 20.6. The Morgan fingerprint density at radius 1 is 1.25 bits per heavy atom. The second-order valence-corrected chi connectivity index (χ2v) is 8.32. The molecule has 2 aromatic carbocycles. The van der Waals surface area contributed by atoms with Gasteiger partial charge in [0, 0.05) is 16.6 Å². The summed E-state index contributed by atoms with van der Waals surface area (Å²) < 4.78 is 9.77. The van der Waals surface area contributed by atoms with E-state index < -0.39 is 0 Å². The van der Waals surface area contributed by atoms with Crippen molar-refractivity contribution in [3.63, 3.8) is 0 Å². The van der Waals surface area contributed by atoms with Gasteiger partial charge >= 0.3 is 0 Å². The lowest BCUT2D eigenvalue weighted by atomic mass is 10.2. The Labute approximate surface area is 177 Å². The van der Waals surface area contributed by atoms with E-state index in [4.69, 9.17) is 4.74 Å². The summed E-state index contributed by atoms with van der Waals surface area (Å²) in [7, 11) is 0. The number of ether oxygens (including phenoxy) is 1. The van der Waals surface area contributed by atoms with Crippen LogP contribution in [0.4, 0.5) is 0 Å². The molecular formula is C22H23BrN2O2S. The molecule has 146 valence electrons. The van der Waals surface area contributed by atoms with E-state index in [0.29, 0.717) is 23.5 Å². The van der Waals surface area contributed by atoms with Gasteiger partial charge in [0.2, 0.25) is 0 Å². The van der Waals surface area contributed by atoms with Gasteiger partial charge in [0.15, 0.2) is 4.80 Å². The Morgan fingerprint density at radius 3 is 2.75 bits per heavy atom. The van der Waals surface area contributed by atoms with Gasteiger partial charge in [0.05, 0.1) is 16.8 Å². The van der Waals surface area contributed by atoms with E-state index in [1.807, 2.05) is 41.0 Å². The molecule has 0 atom stereocenters. The topological polar surface area (TPSA) is 43.6 Å². The number of nitrogens with zero attached hydrogens (tertiary/aromatic N) is 2. The van der Waals surface area contributed by atoms with E-state index in [0.717, 1.165) is 33.3 Å². The van der Waals surface area contributed by atoms with Crippen molar-refractivity contribution in [3.8, 4) is 5.75 Å². The SMILES string of the molecule is C=CCn1c(=NC(=O)c2ccc(OCCCCC)cc2)sc2cc(Br)ccc21. The van der Waals surface area contributed by atoms with Gasteiger partial charge in [-0.2, -0.15) is 4.99 Å². The van der Waals surface area contributed by atoms with E-state index in [9.17, 15) is 4.79 Å². The fourth-order valence-corrected chi connectivity index (χ4v) is 4.41. The first-order chi connectivity index (χ1) is 13.6. The van der Waals surface area contributed by atoms with Crippen molar-refractivity contribution in [2.45, 2.75) is 32.7 Å². The molecule has 4 nitrogen and oxygen atoms in total. The van der Waals surface area contributed by atoms with Crippen molar-refractivity contribution < 1.29 is 9.53 Å². The molecule has 1 heterocycles. The van der Waals surface area contributed by atoms with Crippen LogP contribution >= 0.6 is 27.3 Å². The number of carbonyl (C=O) groups is 1. The second-order valence-electron chi connectivity index (χ2n) is 6.39. The summed E-state index contributed by atoms with van der Waals surface area (Å²) in [6.07, 6.45) is 5.17. The summed E-state index contributed by atoms with van der Waals surface area (Å²) in [5.41, 5.74) is 1.58. The number of amides is 1. The van der Waals surface area contributed by atoms with Crippen LogP contribution in [0, 0.1) is 0 Å². The lowest BCUT2D eigenvalue weighted by Gasteiger charge is -2.05. The summed E-state index contributed by atoms with van der Waals surface area (Å²) >= 11 is 4.99. The highest BCUT2D eigenvalue weighted by Crippen LogP contribution is 2.22. The van der Waals surface area contributed by atoms with Crippen LogP contribution in [0.3, 0.4) is 0 Å². The summed E-state index contributed by atoms with van der Waals surface area (Å²) in [6, 6.07) is 13.2. The number of carbonyl (C=O) groups excluding carboxylic acids is 1. The third-order valence-corrected chi connectivity index (χ3v) is 5.81. The zero-order chi connectivity index (χ0) is 19.9. The van der Waals surface area contributed by atoms with Gasteiger partial charge in [0.25, 0.3) is 5.91 Å². The molecule has 0 fully saturated rings. The third-order valence-electron chi connectivity index (χ3n) is 4.27. The van der Waals surface area contributed by atoms with Crippen molar-refractivity contribution in [1.29, 1.82) is 0 Å². The van der Waals surface area contributed by atoms with Crippen LogP contribution in [0.15, 0.2) is 64.6 Å². The van der Waals surface area contributed by atoms with E-state index in [1.54, 1.807) is 12.1 Å². The maximum Gasteiger partial charge on any atom is 0.279 e. The number of benzene rings is 2. The number of aromatic nitrogens is 1. The van der Waals surface area contributed by atoms with Crippen molar-refractivity contribution >= 4 is 43.4 Å². The first-order valence-electron chi connectivity index (χ1n) is 9.34. The highest BCUT2D eigenvalue weighted by atomic mass is 79.9. The number of hydrogen-bond donors (Lipinski definition) is 0. The highest BCUT2D eigenvalue weighted by molar-refractivity contribution is 9.10. The van der Waals surface area contributed by atoms with Crippen molar-refractivity contribution in [3.05, 3.63) is 70.0 Å². The van der Waals surface area contributed by atoms with E-state index in [-0.39, 0.29) is 5.91 Å². The standard InChI is InChI=1S/C22H23BrN2O2S/c1-3-5-6-14-27-18-10-7-16(8-11-18)21(26)24-22-25(13-4-2)19-12-9-17(23)15-20(19)28-22/h4,7-12,15H,2-3,5-6,13-14H2,1H3. The Bertz CT molecular complexity index is 1030. The Balaban J connectivity index is 1.84. The third kappa shape index (κ3) is 5.00. The fourth-order valence-electron chi connectivity index (χ4n) is 2.83. The molecule has 6 heteroatoms. The molecule has 1 aromatic heterocycles. The molecule has 0 unspecified atom stereocenters. The summed E-state index contributed by atoms with van der Waals surface area (Å²) in [5.74, 6) is 0.516. The van der Waals surface area contributed by atoms with Crippen LogP contribution in [0.1, 0.15) is 36.5 Å². The van der Waals surface area contributed by atoms with Crippen LogP contribution in [0.5, 0.6) is 5.75 Å². The zero-order valence-corrected chi connectivity index (χ0v) is 18.3. The van der Waals surface area contributed by atoms with Crippen molar-refractivity contribution in [2.24, 2.45) is 4.99 Å². The predicted molar refractivity (Wildman–Crippen MR) is 119 cm³/mol. The average molecular weight is 459 g/mol. The Hall–Kier alpha value is -2.18. The number of fused-ring (bicyclic) bond motifs is 1.